The molecule has 0 aromatic heterocycles. The molecule has 0 aliphatic rings. The van der Waals surface area contributed by atoms with E-state index < -0.39 is 0 Å². The third kappa shape index (κ3) is 5.60. The monoisotopic (exact) mass is 469 g/mol. The summed E-state index contributed by atoms with van der Waals surface area (Å²) >= 11 is 2.12. The van der Waals surface area contributed by atoms with E-state index in [0.29, 0.717) is 30.2 Å². The third-order valence-electron chi connectivity index (χ3n) is 3.75. The molecule has 0 saturated carbocycles. The van der Waals surface area contributed by atoms with Crippen molar-refractivity contribution in [2.75, 3.05) is 14.2 Å². The number of carbonyl (C=O) groups is 1. The van der Waals surface area contributed by atoms with Crippen LogP contribution in [0.3, 0.4) is 0 Å². The number of rotatable bonds is 8. The number of methoxy groups -OCH3 is 2. The standard InChI is InChI=1S/C20H24INO4/c1-13(2)26-12-15-7-5-6-14(8-15)11-22-20(23)16-9-18(24-3)19(25-4)10-17(16)21/h5-10,13H,11-12H2,1-4H3,(H,22,23). The lowest BCUT2D eigenvalue weighted by molar-refractivity contribution is 0.0657. The quantitative estimate of drug-likeness (QED) is 0.590. The molecular formula is C20H24INO4. The molecule has 1 amide bonds. The maximum Gasteiger partial charge on any atom is 0.252 e. The Kier molecular flexibility index (Phi) is 7.71. The zero-order valence-electron chi connectivity index (χ0n) is 15.5. The van der Waals surface area contributed by atoms with Gasteiger partial charge in [0.1, 0.15) is 0 Å². The van der Waals surface area contributed by atoms with Gasteiger partial charge in [-0.25, -0.2) is 0 Å². The molecule has 0 spiro atoms. The van der Waals surface area contributed by atoms with Gasteiger partial charge in [-0.05, 0) is 59.7 Å². The van der Waals surface area contributed by atoms with Crippen LogP contribution < -0.4 is 14.8 Å². The Morgan fingerprint density at radius 1 is 1.08 bits per heavy atom. The fraction of sp³-hybridized carbons (Fsp3) is 0.350. The first-order valence-corrected chi connectivity index (χ1v) is 9.41. The summed E-state index contributed by atoms with van der Waals surface area (Å²) < 4.78 is 17.0. The Morgan fingerprint density at radius 3 is 2.38 bits per heavy atom. The summed E-state index contributed by atoms with van der Waals surface area (Å²) in [4.78, 5) is 12.6. The van der Waals surface area contributed by atoms with Gasteiger partial charge in [0.05, 0.1) is 32.5 Å². The molecule has 0 aliphatic heterocycles. The minimum atomic E-state index is -0.154. The third-order valence-corrected chi connectivity index (χ3v) is 4.64. The van der Waals surface area contributed by atoms with Crippen LogP contribution in [0.5, 0.6) is 11.5 Å². The van der Waals surface area contributed by atoms with Gasteiger partial charge in [0.15, 0.2) is 11.5 Å². The topological polar surface area (TPSA) is 56.8 Å². The Labute approximate surface area is 168 Å². The number of amides is 1. The van der Waals surface area contributed by atoms with Crippen molar-refractivity contribution in [3.63, 3.8) is 0 Å². The highest BCUT2D eigenvalue weighted by molar-refractivity contribution is 14.1. The number of hydrogen-bond donors (Lipinski definition) is 1. The van der Waals surface area contributed by atoms with Gasteiger partial charge >= 0.3 is 0 Å². The summed E-state index contributed by atoms with van der Waals surface area (Å²) in [6.45, 7) is 5.02. The lowest BCUT2D eigenvalue weighted by Gasteiger charge is -2.13. The lowest BCUT2D eigenvalue weighted by atomic mass is 10.1. The summed E-state index contributed by atoms with van der Waals surface area (Å²) in [5, 5.41) is 2.96. The highest BCUT2D eigenvalue weighted by Crippen LogP contribution is 2.31. The Morgan fingerprint density at radius 2 is 1.73 bits per heavy atom. The molecule has 0 radical (unpaired) electrons. The van der Waals surface area contributed by atoms with Crippen molar-refractivity contribution in [2.24, 2.45) is 0 Å². The molecule has 0 unspecified atom stereocenters. The largest absolute Gasteiger partial charge is 0.493 e. The number of benzene rings is 2. The molecule has 2 aromatic rings. The van der Waals surface area contributed by atoms with Gasteiger partial charge < -0.3 is 19.5 Å². The van der Waals surface area contributed by atoms with Crippen molar-refractivity contribution < 1.29 is 19.0 Å². The Bertz CT molecular complexity index is 761. The van der Waals surface area contributed by atoms with Crippen molar-refractivity contribution in [1.29, 1.82) is 0 Å². The van der Waals surface area contributed by atoms with Gasteiger partial charge in [-0.2, -0.15) is 0 Å². The molecule has 26 heavy (non-hydrogen) atoms. The molecule has 0 bridgehead atoms. The van der Waals surface area contributed by atoms with Crippen molar-refractivity contribution >= 4 is 28.5 Å². The van der Waals surface area contributed by atoms with E-state index in [-0.39, 0.29) is 12.0 Å². The van der Waals surface area contributed by atoms with E-state index in [1.165, 1.54) is 0 Å². The molecule has 6 heteroatoms. The number of halogens is 1. The zero-order chi connectivity index (χ0) is 19.1. The minimum Gasteiger partial charge on any atom is -0.493 e. The summed E-state index contributed by atoms with van der Waals surface area (Å²) in [5.41, 5.74) is 2.67. The molecular weight excluding hydrogens is 445 g/mol. The Hall–Kier alpha value is -1.80. The second kappa shape index (κ2) is 9.78. The smallest absolute Gasteiger partial charge is 0.252 e. The van der Waals surface area contributed by atoms with E-state index in [1.807, 2.05) is 38.1 Å². The van der Waals surface area contributed by atoms with Gasteiger partial charge in [-0.1, -0.05) is 24.3 Å². The fourth-order valence-electron chi connectivity index (χ4n) is 2.40. The van der Waals surface area contributed by atoms with Crippen LogP contribution in [0.4, 0.5) is 0 Å². The average Bonchev–Trinajstić information content (AvgIpc) is 2.64. The first-order chi connectivity index (χ1) is 12.4. The van der Waals surface area contributed by atoms with E-state index in [9.17, 15) is 4.79 Å². The predicted octanol–water partition coefficient (Wildman–Crippen LogP) is 4.16. The summed E-state index contributed by atoms with van der Waals surface area (Å²) in [6, 6.07) is 11.5. The summed E-state index contributed by atoms with van der Waals surface area (Å²) in [5.74, 6) is 0.983. The first-order valence-electron chi connectivity index (χ1n) is 8.33. The molecule has 0 aliphatic carbocycles. The molecule has 0 fully saturated rings. The number of nitrogens with one attached hydrogen (secondary N) is 1. The van der Waals surface area contributed by atoms with Crippen LogP contribution in [0.2, 0.25) is 0 Å². The molecule has 0 heterocycles. The molecule has 5 nitrogen and oxygen atoms in total. The minimum absolute atomic E-state index is 0.154. The molecule has 2 rings (SSSR count). The van der Waals surface area contributed by atoms with Gasteiger partial charge in [0, 0.05) is 10.1 Å². The van der Waals surface area contributed by atoms with Crippen molar-refractivity contribution in [3.8, 4) is 11.5 Å². The number of hydrogen-bond acceptors (Lipinski definition) is 4. The maximum atomic E-state index is 12.6. The van der Waals surface area contributed by atoms with Crippen molar-refractivity contribution in [1.82, 2.24) is 5.32 Å². The van der Waals surface area contributed by atoms with Crippen molar-refractivity contribution in [3.05, 3.63) is 56.7 Å². The molecule has 2 aromatic carbocycles. The molecule has 1 N–H and O–H groups in total. The number of ether oxygens (including phenoxy) is 3. The second-order valence-electron chi connectivity index (χ2n) is 6.05. The summed E-state index contributed by atoms with van der Waals surface area (Å²) in [7, 11) is 3.13. The van der Waals surface area contributed by atoms with E-state index in [1.54, 1.807) is 26.4 Å². The fourth-order valence-corrected chi connectivity index (χ4v) is 3.08. The average molecular weight is 469 g/mol. The molecule has 140 valence electrons. The van der Waals surface area contributed by atoms with Gasteiger partial charge in [0.25, 0.3) is 5.91 Å². The first kappa shape index (κ1) is 20.5. The zero-order valence-corrected chi connectivity index (χ0v) is 17.6. The summed E-state index contributed by atoms with van der Waals surface area (Å²) in [6.07, 6.45) is 0.186. The van der Waals surface area contributed by atoms with E-state index in [2.05, 4.69) is 27.9 Å². The molecule has 0 saturated heterocycles. The SMILES string of the molecule is COc1cc(I)c(C(=O)NCc2cccc(COC(C)C)c2)cc1OC. The van der Waals surface area contributed by atoms with Crippen LogP contribution in [-0.4, -0.2) is 26.2 Å². The maximum absolute atomic E-state index is 12.6. The van der Waals surface area contributed by atoms with Crippen LogP contribution >= 0.6 is 22.6 Å². The molecule has 0 atom stereocenters. The highest BCUT2D eigenvalue weighted by Gasteiger charge is 2.15. The van der Waals surface area contributed by atoms with Crippen molar-refractivity contribution in [2.45, 2.75) is 33.1 Å². The van der Waals surface area contributed by atoms with Crippen LogP contribution in [0, 0.1) is 3.57 Å². The number of carbonyl (C=O) groups excluding carboxylic acids is 1. The van der Waals surface area contributed by atoms with Gasteiger partial charge in [-0.3, -0.25) is 4.79 Å². The van der Waals surface area contributed by atoms with Gasteiger partial charge in [-0.15, -0.1) is 0 Å². The highest BCUT2D eigenvalue weighted by atomic mass is 127. The van der Waals surface area contributed by atoms with Crippen LogP contribution in [0.1, 0.15) is 35.3 Å². The van der Waals surface area contributed by atoms with Crippen LogP contribution in [-0.2, 0) is 17.9 Å². The van der Waals surface area contributed by atoms with Crippen LogP contribution in [0.15, 0.2) is 36.4 Å². The van der Waals surface area contributed by atoms with Crippen LogP contribution in [0.25, 0.3) is 0 Å². The van der Waals surface area contributed by atoms with E-state index >= 15 is 0 Å². The Balaban J connectivity index is 2.06. The van der Waals surface area contributed by atoms with E-state index in [0.717, 1.165) is 14.7 Å². The van der Waals surface area contributed by atoms with Gasteiger partial charge in [0.2, 0.25) is 0 Å². The second-order valence-corrected chi connectivity index (χ2v) is 7.21. The normalized spacial score (nSPS) is 10.7. The predicted molar refractivity (Wildman–Crippen MR) is 110 cm³/mol. The van der Waals surface area contributed by atoms with E-state index in [4.69, 9.17) is 14.2 Å². The lowest BCUT2D eigenvalue weighted by Crippen LogP contribution is -2.24.